The van der Waals surface area contributed by atoms with E-state index < -0.39 is 10.0 Å². The monoisotopic (exact) mass is 315 g/mol. The van der Waals surface area contributed by atoms with Crippen molar-refractivity contribution in [3.63, 3.8) is 0 Å². The lowest BCUT2D eigenvalue weighted by atomic mass is 10.4. The zero-order valence-corrected chi connectivity index (χ0v) is 12.8. The second-order valence-electron chi connectivity index (χ2n) is 4.32. The molecule has 0 saturated heterocycles. The largest absolute Gasteiger partial charge is 0.330 e. The molecule has 0 atom stereocenters. The third-order valence-electron chi connectivity index (χ3n) is 2.78. The van der Waals surface area contributed by atoms with Crippen molar-refractivity contribution in [2.24, 2.45) is 5.73 Å². The van der Waals surface area contributed by atoms with Crippen LogP contribution in [0, 0.1) is 0 Å². The first-order valence-electron chi connectivity index (χ1n) is 6.10. The van der Waals surface area contributed by atoms with Crippen molar-refractivity contribution >= 4 is 21.4 Å². The van der Waals surface area contributed by atoms with Gasteiger partial charge in [0.1, 0.15) is 4.90 Å². The molecule has 0 saturated carbocycles. The van der Waals surface area contributed by atoms with E-state index in [2.05, 4.69) is 10.1 Å². The lowest BCUT2D eigenvalue weighted by molar-refractivity contribution is 0.463. The highest BCUT2D eigenvalue weighted by molar-refractivity contribution is 7.89. The summed E-state index contributed by atoms with van der Waals surface area (Å²) in [5, 5.41) is 5.87. The molecular formula is C11H17N5O2S2. The van der Waals surface area contributed by atoms with Crippen LogP contribution in [0.3, 0.4) is 0 Å². The van der Waals surface area contributed by atoms with E-state index in [-0.39, 0.29) is 11.4 Å². The lowest BCUT2D eigenvalue weighted by Crippen LogP contribution is -2.26. The number of thiazole rings is 1. The van der Waals surface area contributed by atoms with Gasteiger partial charge in [-0.1, -0.05) is 0 Å². The van der Waals surface area contributed by atoms with Crippen molar-refractivity contribution in [3.05, 3.63) is 29.0 Å². The summed E-state index contributed by atoms with van der Waals surface area (Å²) in [4.78, 5) is 4.27. The van der Waals surface area contributed by atoms with E-state index in [1.165, 1.54) is 35.1 Å². The van der Waals surface area contributed by atoms with Crippen molar-refractivity contribution in [2.45, 2.75) is 24.4 Å². The molecule has 0 unspecified atom stereocenters. The summed E-state index contributed by atoms with van der Waals surface area (Å²) in [6, 6.07) is 0. The third kappa shape index (κ3) is 3.42. The van der Waals surface area contributed by atoms with E-state index in [9.17, 15) is 8.42 Å². The highest BCUT2D eigenvalue weighted by Gasteiger charge is 2.23. The number of hydrogen-bond acceptors (Lipinski definition) is 6. The minimum Gasteiger partial charge on any atom is -0.330 e. The molecule has 0 aliphatic rings. The SMILES string of the molecule is CN(Cc1cscn1)S(=O)(=O)c1cnn(CCCN)c1. The van der Waals surface area contributed by atoms with Crippen LogP contribution >= 0.6 is 11.3 Å². The highest BCUT2D eigenvalue weighted by Crippen LogP contribution is 2.16. The fourth-order valence-electron chi connectivity index (χ4n) is 1.66. The second-order valence-corrected chi connectivity index (χ2v) is 7.09. The zero-order valence-electron chi connectivity index (χ0n) is 11.1. The molecule has 20 heavy (non-hydrogen) atoms. The van der Waals surface area contributed by atoms with Gasteiger partial charge in [-0.25, -0.2) is 13.4 Å². The normalized spacial score (nSPS) is 12.2. The topological polar surface area (TPSA) is 94.1 Å². The van der Waals surface area contributed by atoms with Crippen LogP contribution in [-0.4, -0.2) is 41.1 Å². The van der Waals surface area contributed by atoms with Crippen LogP contribution in [0.15, 0.2) is 28.2 Å². The number of nitrogens with two attached hydrogens (primary N) is 1. The quantitative estimate of drug-likeness (QED) is 0.803. The second kappa shape index (κ2) is 6.44. The van der Waals surface area contributed by atoms with Crippen molar-refractivity contribution < 1.29 is 8.42 Å². The van der Waals surface area contributed by atoms with E-state index >= 15 is 0 Å². The predicted octanol–water partition coefficient (Wildman–Crippen LogP) is 0.509. The minimum absolute atomic E-state index is 0.187. The molecule has 110 valence electrons. The van der Waals surface area contributed by atoms with Gasteiger partial charge in [-0.15, -0.1) is 11.3 Å². The first-order valence-corrected chi connectivity index (χ1v) is 8.48. The molecule has 2 N–H and O–H groups in total. The Hall–Kier alpha value is -1.29. The summed E-state index contributed by atoms with van der Waals surface area (Å²) in [5.74, 6) is 0. The van der Waals surface area contributed by atoms with E-state index in [1.54, 1.807) is 10.2 Å². The lowest BCUT2D eigenvalue weighted by Gasteiger charge is -2.14. The Labute approximate surface area is 122 Å². The van der Waals surface area contributed by atoms with Crippen LogP contribution < -0.4 is 5.73 Å². The summed E-state index contributed by atoms with van der Waals surface area (Å²) in [6.45, 7) is 1.41. The van der Waals surface area contributed by atoms with Crippen LogP contribution in [0.1, 0.15) is 12.1 Å². The maximum Gasteiger partial charge on any atom is 0.246 e. The summed E-state index contributed by atoms with van der Waals surface area (Å²) >= 11 is 1.44. The van der Waals surface area contributed by atoms with Gasteiger partial charge in [0.15, 0.2) is 0 Å². The fraction of sp³-hybridized carbons (Fsp3) is 0.455. The van der Waals surface area contributed by atoms with Crippen LogP contribution in [0.4, 0.5) is 0 Å². The van der Waals surface area contributed by atoms with Gasteiger partial charge in [-0.2, -0.15) is 9.40 Å². The Morgan fingerprint density at radius 2 is 2.30 bits per heavy atom. The number of nitrogens with zero attached hydrogens (tertiary/aromatic N) is 4. The number of rotatable bonds is 7. The molecule has 0 aliphatic carbocycles. The number of aromatic nitrogens is 3. The van der Waals surface area contributed by atoms with Gasteiger partial charge in [0.2, 0.25) is 10.0 Å². The van der Waals surface area contributed by atoms with Crippen LogP contribution in [0.25, 0.3) is 0 Å². The molecule has 0 fully saturated rings. The molecular weight excluding hydrogens is 298 g/mol. The minimum atomic E-state index is -3.54. The third-order valence-corrected chi connectivity index (χ3v) is 5.17. The van der Waals surface area contributed by atoms with Gasteiger partial charge in [0.05, 0.1) is 23.9 Å². The molecule has 0 bridgehead atoms. The van der Waals surface area contributed by atoms with Crippen LogP contribution in [0.2, 0.25) is 0 Å². The Kier molecular flexibility index (Phi) is 4.86. The smallest absolute Gasteiger partial charge is 0.246 e. The molecule has 0 spiro atoms. The van der Waals surface area contributed by atoms with E-state index in [1.807, 2.05) is 5.38 Å². The van der Waals surface area contributed by atoms with E-state index in [4.69, 9.17) is 5.73 Å². The van der Waals surface area contributed by atoms with Crippen molar-refractivity contribution in [1.82, 2.24) is 19.1 Å². The van der Waals surface area contributed by atoms with Crippen molar-refractivity contribution in [3.8, 4) is 0 Å². The predicted molar refractivity (Wildman–Crippen MR) is 76.7 cm³/mol. The summed E-state index contributed by atoms with van der Waals surface area (Å²) in [6.07, 6.45) is 3.65. The average molecular weight is 315 g/mol. The van der Waals surface area contributed by atoms with Gasteiger partial charge in [-0.05, 0) is 13.0 Å². The Morgan fingerprint density at radius 1 is 1.50 bits per heavy atom. The van der Waals surface area contributed by atoms with Crippen molar-refractivity contribution in [1.29, 1.82) is 0 Å². The average Bonchev–Trinajstić information content (AvgIpc) is 3.07. The maximum atomic E-state index is 12.4. The Morgan fingerprint density at radius 3 is 2.95 bits per heavy atom. The molecule has 0 aromatic carbocycles. The molecule has 2 rings (SSSR count). The molecule has 9 heteroatoms. The molecule has 0 amide bonds. The van der Waals surface area contributed by atoms with Gasteiger partial charge in [0.25, 0.3) is 0 Å². The Bertz CT molecular complexity index is 636. The number of hydrogen-bond donors (Lipinski definition) is 1. The molecule has 0 radical (unpaired) electrons. The first-order chi connectivity index (χ1) is 9.54. The summed E-state index contributed by atoms with van der Waals surface area (Å²) < 4.78 is 27.6. The molecule has 7 nitrogen and oxygen atoms in total. The number of aryl methyl sites for hydroxylation is 1. The highest BCUT2D eigenvalue weighted by atomic mass is 32.2. The standard InChI is InChI=1S/C11H17N5O2S2/c1-15(6-10-8-19-9-13-10)20(17,18)11-5-14-16(7-11)4-2-3-12/h5,7-9H,2-4,6,12H2,1H3. The first kappa shape index (κ1) is 15.1. The van der Waals surface area contributed by atoms with Crippen LogP contribution in [0.5, 0.6) is 0 Å². The summed E-state index contributed by atoms with van der Waals surface area (Å²) in [5.41, 5.74) is 7.83. The molecule has 0 aliphatic heterocycles. The van der Waals surface area contributed by atoms with Gasteiger partial charge in [-0.3, -0.25) is 4.68 Å². The van der Waals surface area contributed by atoms with Gasteiger partial charge in [0, 0.05) is 25.2 Å². The van der Waals surface area contributed by atoms with Gasteiger partial charge >= 0.3 is 0 Å². The summed E-state index contributed by atoms with van der Waals surface area (Å²) in [7, 11) is -2.00. The molecule has 2 aromatic heterocycles. The number of sulfonamides is 1. The molecule has 2 heterocycles. The van der Waals surface area contributed by atoms with Crippen molar-refractivity contribution in [2.75, 3.05) is 13.6 Å². The van der Waals surface area contributed by atoms with Gasteiger partial charge < -0.3 is 5.73 Å². The zero-order chi connectivity index (χ0) is 14.6. The van der Waals surface area contributed by atoms with Crippen LogP contribution in [-0.2, 0) is 23.1 Å². The van der Waals surface area contributed by atoms with E-state index in [0.29, 0.717) is 13.1 Å². The maximum absolute atomic E-state index is 12.4. The molecule has 2 aromatic rings. The fourth-order valence-corrected chi connectivity index (χ4v) is 3.31. The Balaban J connectivity index is 2.10. The van der Waals surface area contributed by atoms with E-state index in [0.717, 1.165) is 12.1 Å².